The Balaban J connectivity index is 1.97. The topological polar surface area (TPSA) is 79.1 Å². The van der Waals surface area contributed by atoms with Crippen LogP contribution < -0.4 is 4.74 Å². The standard InChI is InChI=1S/C27H34BrFN4O3/c1-17(2)11-24(26(34)36-27(3,4)5)23(14-19-12-20(28)15-21(29)13-19)25-30-32-33(31-25)16-18-7-9-22(35-6)10-8-18/h7-10,12-13,15,17,23-24H,11,14,16H2,1-6H3/t23-,24-/m0/s1. The van der Waals surface area contributed by atoms with Crippen molar-refractivity contribution in [3.63, 3.8) is 0 Å². The molecule has 0 N–H and O–H groups in total. The van der Waals surface area contributed by atoms with E-state index in [1.807, 2.05) is 51.1 Å². The van der Waals surface area contributed by atoms with Gasteiger partial charge in [-0.2, -0.15) is 4.80 Å². The molecule has 0 fully saturated rings. The Morgan fingerprint density at radius 1 is 1.11 bits per heavy atom. The lowest BCUT2D eigenvalue weighted by Gasteiger charge is -2.29. The first kappa shape index (κ1) is 27.8. The molecule has 0 aliphatic heterocycles. The summed E-state index contributed by atoms with van der Waals surface area (Å²) in [7, 11) is 1.62. The minimum absolute atomic E-state index is 0.221. The van der Waals surface area contributed by atoms with Crippen molar-refractivity contribution in [2.75, 3.05) is 7.11 Å². The van der Waals surface area contributed by atoms with E-state index in [0.717, 1.165) is 16.9 Å². The first-order chi connectivity index (χ1) is 16.9. The lowest BCUT2D eigenvalue weighted by atomic mass is 9.81. The Morgan fingerprint density at radius 2 is 1.81 bits per heavy atom. The van der Waals surface area contributed by atoms with Gasteiger partial charge in [0, 0.05) is 10.4 Å². The maximum Gasteiger partial charge on any atom is 0.310 e. The Morgan fingerprint density at radius 3 is 2.39 bits per heavy atom. The predicted molar refractivity (Wildman–Crippen MR) is 139 cm³/mol. The number of carbonyl (C=O) groups is 1. The molecule has 0 saturated heterocycles. The predicted octanol–water partition coefficient (Wildman–Crippen LogP) is 5.96. The second kappa shape index (κ2) is 12.0. The average Bonchev–Trinajstić information content (AvgIpc) is 3.23. The van der Waals surface area contributed by atoms with Crippen LogP contribution in [-0.4, -0.2) is 38.9 Å². The third-order valence-corrected chi connectivity index (χ3v) is 6.04. The molecule has 0 amide bonds. The van der Waals surface area contributed by atoms with Crippen LogP contribution >= 0.6 is 15.9 Å². The Hall–Kier alpha value is -2.81. The second-order valence-electron chi connectivity index (χ2n) is 10.4. The van der Waals surface area contributed by atoms with Gasteiger partial charge >= 0.3 is 5.97 Å². The van der Waals surface area contributed by atoms with Crippen molar-refractivity contribution in [1.82, 2.24) is 20.2 Å². The second-order valence-corrected chi connectivity index (χ2v) is 11.3. The minimum Gasteiger partial charge on any atom is -0.497 e. The van der Waals surface area contributed by atoms with Gasteiger partial charge in [0.2, 0.25) is 0 Å². The van der Waals surface area contributed by atoms with Crippen molar-refractivity contribution in [1.29, 1.82) is 0 Å². The molecule has 0 saturated carbocycles. The van der Waals surface area contributed by atoms with E-state index < -0.39 is 17.4 Å². The normalized spacial score (nSPS) is 13.5. The van der Waals surface area contributed by atoms with Crippen LogP contribution in [0.1, 0.15) is 63.9 Å². The lowest BCUT2D eigenvalue weighted by molar-refractivity contribution is -0.161. The molecule has 0 spiro atoms. The molecule has 0 bridgehead atoms. The number of esters is 1. The summed E-state index contributed by atoms with van der Waals surface area (Å²) in [6, 6.07) is 12.3. The minimum atomic E-state index is -0.641. The highest BCUT2D eigenvalue weighted by molar-refractivity contribution is 9.10. The number of hydrogen-bond donors (Lipinski definition) is 0. The molecule has 0 unspecified atom stereocenters. The van der Waals surface area contributed by atoms with Crippen LogP contribution in [0.15, 0.2) is 46.9 Å². The number of aromatic nitrogens is 4. The SMILES string of the molecule is COc1ccc(Cn2nnc([C@@H](Cc3cc(F)cc(Br)c3)[C@H](CC(C)C)C(=O)OC(C)(C)C)n2)cc1. The number of halogens is 2. The smallest absolute Gasteiger partial charge is 0.310 e. The molecular formula is C27H34BrFN4O3. The lowest BCUT2D eigenvalue weighted by Crippen LogP contribution is -2.34. The number of methoxy groups -OCH3 is 1. The van der Waals surface area contributed by atoms with Crippen LogP contribution in [0.3, 0.4) is 0 Å². The number of tetrazole rings is 1. The molecule has 0 radical (unpaired) electrons. The molecule has 2 atom stereocenters. The number of rotatable bonds is 10. The van der Waals surface area contributed by atoms with E-state index in [2.05, 4.69) is 45.2 Å². The molecule has 194 valence electrons. The van der Waals surface area contributed by atoms with E-state index in [4.69, 9.17) is 9.47 Å². The number of ether oxygens (including phenoxy) is 2. The van der Waals surface area contributed by atoms with Crippen LogP contribution in [0.2, 0.25) is 0 Å². The van der Waals surface area contributed by atoms with E-state index in [0.29, 0.717) is 29.7 Å². The molecule has 0 aliphatic carbocycles. The van der Waals surface area contributed by atoms with Gasteiger partial charge < -0.3 is 9.47 Å². The van der Waals surface area contributed by atoms with Gasteiger partial charge in [-0.1, -0.05) is 41.9 Å². The quantitative estimate of drug-likeness (QED) is 0.284. The molecule has 2 aromatic carbocycles. The van der Waals surface area contributed by atoms with Crippen LogP contribution in [0.4, 0.5) is 4.39 Å². The highest BCUT2D eigenvalue weighted by Crippen LogP contribution is 2.34. The van der Waals surface area contributed by atoms with Gasteiger partial charge in [-0.15, -0.1) is 10.2 Å². The van der Waals surface area contributed by atoms with Crippen molar-refractivity contribution >= 4 is 21.9 Å². The maximum atomic E-state index is 14.2. The monoisotopic (exact) mass is 560 g/mol. The molecule has 1 aromatic heterocycles. The zero-order valence-electron chi connectivity index (χ0n) is 21.7. The van der Waals surface area contributed by atoms with Crippen LogP contribution in [0, 0.1) is 17.7 Å². The highest BCUT2D eigenvalue weighted by atomic mass is 79.9. The summed E-state index contributed by atoms with van der Waals surface area (Å²) in [5.74, 6) is -0.222. The number of hydrogen-bond acceptors (Lipinski definition) is 6. The number of carbonyl (C=O) groups excluding carboxylic acids is 1. The largest absolute Gasteiger partial charge is 0.497 e. The van der Waals surface area contributed by atoms with Crippen LogP contribution in [0.25, 0.3) is 0 Å². The third-order valence-electron chi connectivity index (χ3n) is 5.58. The summed E-state index contributed by atoms with van der Waals surface area (Å²) in [5, 5.41) is 13.2. The van der Waals surface area contributed by atoms with E-state index in [1.54, 1.807) is 7.11 Å². The van der Waals surface area contributed by atoms with Crippen LogP contribution in [-0.2, 0) is 22.5 Å². The maximum absolute atomic E-state index is 14.2. The summed E-state index contributed by atoms with van der Waals surface area (Å²) < 4.78 is 25.8. The van der Waals surface area contributed by atoms with Gasteiger partial charge in [0.15, 0.2) is 5.82 Å². The molecule has 1 heterocycles. The molecule has 3 aromatic rings. The highest BCUT2D eigenvalue weighted by Gasteiger charge is 2.36. The summed E-state index contributed by atoms with van der Waals surface area (Å²) >= 11 is 3.37. The zero-order chi connectivity index (χ0) is 26.5. The van der Waals surface area contributed by atoms with Crippen LogP contribution in [0.5, 0.6) is 5.75 Å². The van der Waals surface area contributed by atoms with Gasteiger partial charge in [-0.25, -0.2) is 4.39 Å². The molecule has 0 aliphatic rings. The van der Waals surface area contributed by atoms with Crippen molar-refractivity contribution < 1.29 is 18.7 Å². The Bertz CT molecular complexity index is 1140. The molecular weight excluding hydrogens is 527 g/mol. The first-order valence-electron chi connectivity index (χ1n) is 12.0. The third kappa shape index (κ3) is 8.11. The molecule has 3 rings (SSSR count). The molecule has 9 heteroatoms. The summed E-state index contributed by atoms with van der Waals surface area (Å²) in [4.78, 5) is 14.9. The van der Waals surface area contributed by atoms with Crippen molar-refractivity contribution in [3.05, 3.63) is 69.7 Å². The summed E-state index contributed by atoms with van der Waals surface area (Å²) in [5.41, 5.74) is 1.07. The summed E-state index contributed by atoms with van der Waals surface area (Å²) in [6.45, 7) is 10.1. The van der Waals surface area contributed by atoms with E-state index in [-0.39, 0.29) is 17.7 Å². The average molecular weight is 561 g/mol. The van der Waals surface area contributed by atoms with E-state index >= 15 is 0 Å². The van der Waals surface area contributed by atoms with Gasteiger partial charge in [0.1, 0.15) is 17.2 Å². The Labute approximate surface area is 220 Å². The molecule has 36 heavy (non-hydrogen) atoms. The van der Waals surface area contributed by atoms with E-state index in [1.165, 1.54) is 16.9 Å². The van der Waals surface area contributed by atoms with Crippen molar-refractivity contribution in [2.45, 2.75) is 65.5 Å². The van der Waals surface area contributed by atoms with Gasteiger partial charge in [-0.3, -0.25) is 4.79 Å². The number of benzene rings is 2. The Kier molecular flexibility index (Phi) is 9.22. The first-order valence-corrected chi connectivity index (χ1v) is 12.8. The van der Waals surface area contributed by atoms with Gasteiger partial charge in [-0.05, 0) is 86.2 Å². The fourth-order valence-corrected chi connectivity index (χ4v) is 4.58. The summed E-state index contributed by atoms with van der Waals surface area (Å²) in [6.07, 6.45) is 0.935. The van der Waals surface area contributed by atoms with E-state index in [9.17, 15) is 9.18 Å². The fourth-order valence-electron chi connectivity index (χ4n) is 4.07. The molecule has 7 nitrogen and oxygen atoms in total. The van der Waals surface area contributed by atoms with Crippen molar-refractivity contribution in [2.24, 2.45) is 11.8 Å². The van der Waals surface area contributed by atoms with Gasteiger partial charge in [0.25, 0.3) is 0 Å². The number of nitrogens with zero attached hydrogens (tertiary/aromatic N) is 4. The fraction of sp³-hybridized carbons (Fsp3) is 0.481. The van der Waals surface area contributed by atoms with Crippen molar-refractivity contribution in [3.8, 4) is 5.75 Å². The van der Waals surface area contributed by atoms with Gasteiger partial charge in [0.05, 0.1) is 19.6 Å². The zero-order valence-corrected chi connectivity index (χ0v) is 23.3.